The van der Waals surface area contributed by atoms with Gasteiger partial charge in [0.2, 0.25) is 5.41 Å². The van der Waals surface area contributed by atoms with E-state index in [1.165, 1.54) is 19.1 Å². The molecular weight excluding hydrogens is 507 g/mol. The lowest BCUT2D eigenvalue weighted by atomic mass is 9.66. The fraction of sp³-hybridized carbons (Fsp3) is 0.296. The Morgan fingerprint density at radius 1 is 0.946 bits per heavy atom. The standard InChI is InChI=1S/C27H23ClF3N3O3/c1-15-21(23(36)34(32-15)16-9-5-4-6-10-16)26(27(29,30)31)22-19(13-25(2,3)14-20(22)35)33(24(26)37)18-12-8-7-11-17(18)28/h4-12,32H,13-14H2,1-3H3. The Morgan fingerprint density at radius 2 is 1.57 bits per heavy atom. The number of allylic oxidation sites excluding steroid dienone is 1. The van der Waals surface area contributed by atoms with Crippen LogP contribution >= 0.6 is 11.6 Å². The Labute approximate surface area is 215 Å². The molecule has 1 amide bonds. The van der Waals surface area contributed by atoms with Gasteiger partial charge < -0.3 is 0 Å². The van der Waals surface area contributed by atoms with Crippen LogP contribution in [0.25, 0.3) is 5.69 Å². The van der Waals surface area contributed by atoms with Gasteiger partial charge in [-0.1, -0.05) is 55.8 Å². The first-order valence-corrected chi connectivity index (χ1v) is 12.0. The van der Waals surface area contributed by atoms with Crippen LogP contribution in [0.2, 0.25) is 5.02 Å². The number of ketones is 1. The van der Waals surface area contributed by atoms with Crippen LogP contribution in [0.1, 0.15) is 37.9 Å². The Balaban J connectivity index is 1.89. The Hall–Kier alpha value is -3.59. The summed E-state index contributed by atoms with van der Waals surface area (Å²) >= 11 is 6.35. The quantitative estimate of drug-likeness (QED) is 0.479. The van der Waals surface area contributed by atoms with Crippen LogP contribution < -0.4 is 10.5 Å². The number of amides is 1. The van der Waals surface area contributed by atoms with Gasteiger partial charge >= 0.3 is 6.18 Å². The highest BCUT2D eigenvalue weighted by molar-refractivity contribution is 6.34. The molecule has 2 heterocycles. The predicted octanol–water partition coefficient (Wildman–Crippen LogP) is 5.62. The molecule has 2 aromatic carbocycles. The minimum Gasteiger partial charge on any atom is -0.295 e. The van der Waals surface area contributed by atoms with E-state index in [1.807, 2.05) is 0 Å². The summed E-state index contributed by atoms with van der Waals surface area (Å²) in [4.78, 5) is 42.3. The summed E-state index contributed by atoms with van der Waals surface area (Å²) in [5, 5.41) is 2.73. The van der Waals surface area contributed by atoms with Crippen LogP contribution in [-0.4, -0.2) is 27.6 Å². The summed E-state index contributed by atoms with van der Waals surface area (Å²) in [7, 11) is 0. The number of hydrogen-bond acceptors (Lipinski definition) is 3. The summed E-state index contributed by atoms with van der Waals surface area (Å²) in [6, 6.07) is 14.1. The van der Waals surface area contributed by atoms with E-state index >= 15 is 13.2 Å². The number of benzene rings is 2. The SMILES string of the molecule is Cc1[nH]n(-c2ccccc2)c(=O)c1C1(C(F)(F)F)C(=O)N(c2ccccc2Cl)C2=C1C(=O)CC(C)(C)C2. The number of halogens is 4. The number of rotatable bonds is 3. The smallest absolute Gasteiger partial charge is 0.295 e. The average Bonchev–Trinajstić information content (AvgIpc) is 3.24. The third kappa shape index (κ3) is 3.51. The average molecular weight is 530 g/mol. The van der Waals surface area contributed by atoms with Gasteiger partial charge in [0.1, 0.15) is 0 Å². The second-order valence-electron chi connectivity index (χ2n) is 10.2. The van der Waals surface area contributed by atoms with E-state index in [2.05, 4.69) is 5.10 Å². The van der Waals surface area contributed by atoms with Gasteiger partial charge in [-0.3, -0.25) is 24.4 Å². The molecule has 37 heavy (non-hydrogen) atoms. The fourth-order valence-corrected chi connectivity index (χ4v) is 5.79. The summed E-state index contributed by atoms with van der Waals surface area (Å²) in [6.07, 6.45) is -5.50. The summed E-state index contributed by atoms with van der Waals surface area (Å²) in [6.45, 7) is 4.80. The molecule has 0 spiro atoms. The molecule has 1 unspecified atom stereocenters. The number of nitrogens with one attached hydrogen (secondary N) is 1. The lowest BCUT2D eigenvalue weighted by molar-refractivity contribution is -0.184. The number of nitrogens with zero attached hydrogens (tertiary/aromatic N) is 2. The maximum atomic E-state index is 15.4. The molecule has 6 nitrogen and oxygen atoms in total. The number of para-hydroxylation sites is 2. The van der Waals surface area contributed by atoms with Crippen LogP contribution in [0.5, 0.6) is 0 Å². The van der Waals surface area contributed by atoms with Crippen molar-refractivity contribution in [2.24, 2.45) is 5.41 Å². The van der Waals surface area contributed by atoms with E-state index in [0.29, 0.717) is 0 Å². The first-order chi connectivity index (χ1) is 17.3. The number of aryl methyl sites for hydroxylation is 1. The summed E-state index contributed by atoms with van der Waals surface area (Å²) < 4.78 is 47.2. The molecule has 1 aromatic heterocycles. The van der Waals surface area contributed by atoms with Crippen molar-refractivity contribution in [1.29, 1.82) is 0 Å². The minimum atomic E-state index is -5.31. The maximum Gasteiger partial charge on any atom is 0.411 e. The van der Waals surface area contributed by atoms with Crippen molar-refractivity contribution in [3.63, 3.8) is 0 Å². The molecule has 0 fully saturated rings. The number of carbonyl (C=O) groups is 2. The molecule has 0 saturated heterocycles. The number of anilines is 1. The summed E-state index contributed by atoms with van der Waals surface area (Å²) in [5.41, 5.74) is -6.71. The fourth-order valence-electron chi connectivity index (χ4n) is 5.57. The number of hydrogen-bond donors (Lipinski definition) is 1. The van der Waals surface area contributed by atoms with Crippen LogP contribution in [0.15, 0.2) is 70.7 Å². The van der Waals surface area contributed by atoms with Gasteiger partial charge in [0, 0.05) is 23.4 Å². The monoisotopic (exact) mass is 529 g/mol. The van der Waals surface area contributed by atoms with Crippen LogP contribution in [0, 0.1) is 12.3 Å². The number of aromatic amines is 1. The molecule has 5 rings (SSSR count). The van der Waals surface area contributed by atoms with E-state index in [0.717, 1.165) is 9.58 Å². The molecule has 1 atom stereocenters. The predicted molar refractivity (Wildman–Crippen MR) is 133 cm³/mol. The molecule has 1 aliphatic heterocycles. The number of alkyl halides is 3. The van der Waals surface area contributed by atoms with Crippen molar-refractivity contribution in [3.8, 4) is 5.69 Å². The molecular formula is C27H23ClF3N3O3. The molecule has 192 valence electrons. The molecule has 0 saturated carbocycles. The van der Waals surface area contributed by atoms with Gasteiger partial charge in [0.25, 0.3) is 11.5 Å². The van der Waals surface area contributed by atoms with Crippen molar-refractivity contribution in [2.75, 3.05) is 4.90 Å². The normalized spacial score (nSPS) is 21.5. The maximum absolute atomic E-state index is 15.4. The van der Waals surface area contributed by atoms with E-state index in [9.17, 15) is 14.4 Å². The molecule has 10 heteroatoms. The zero-order valence-electron chi connectivity index (χ0n) is 20.2. The molecule has 0 radical (unpaired) electrons. The Bertz CT molecular complexity index is 1540. The van der Waals surface area contributed by atoms with Crippen molar-refractivity contribution in [2.45, 2.75) is 45.2 Å². The third-order valence-electron chi connectivity index (χ3n) is 7.00. The van der Waals surface area contributed by atoms with Crippen molar-refractivity contribution in [1.82, 2.24) is 9.78 Å². The minimum absolute atomic E-state index is 0.0131. The number of Topliss-reactive ketones (excluding diaryl/α,β-unsaturated/α-hetero) is 1. The highest BCUT2D eigenvalue weighted by atomic mass is 35.5. The first-order valence-electron chi connectivity index (χ1n) is 11.6. The Morgan fingerprint density at radius 3 is 2.19 bits per heavy atom. The summed E-state index contributed by atoms with van der Waals surface area (Å²) in [5.74, 6) is -2.26. The second kappa shape index (κ2) is 8.21. The van der Waals surface area contributed by atoms with Crippen LogP contribution in [0.4, 0.5) is 18.9 Å². The molecule has 0 bridgehead atoms. The second-order valence-corrected chi connectivity index (χ2v) is 10.6. The highest BCUT2D eigenvalue weighted by Crippen LogP contribution is 2.58. The zero-order valence-corrected chi connectivity index (χ0v) is 21.0. The largest absolute Gasteiger partial charge is 0.411 e. The van der Waals surface area contributed by atoms with Gasteiger partial charge in [-0.15, -0.1) is 0 Å². The topological polar surface area (TPSA) is 75.2 Å². The lowest BCUT2D eigenvalue weighted by Crippen LogP contribution is -2.55. The van der Waals surface area contributed by atoms with E-state index in [1.54, 1.807) is 56.3 Å². The zero-order chi connectivity index (χ0) is 26.9. The molecule has 2 aliphatic rings. The number of aromatic nitrogens is 2. The Kier molecular flexibility index (Phi) is 5.56. The molecule has 3 aromatic rings. The number of carbonyl (C=O) groups excluding carboxylic acids is 2. The van der Waals surface area contributed by atoms with E-state index in [4.69, 9.17) is 11.6 Å². The highest BCUT2D eigenvalue weighted by Gasteiger charge is 2.73. The van der Waals surface area contributed by atoms with Crippen LogP contribution in [0.3, 0.4) is 0 Å². The van der Waals surface area contributed by atoms with Crippen LogP contribution in [-0.2, 0) is 15.0 Å². The van der Waals surface area contributed by atoms with Gasteiger partial charge in [0.05, 0.1) is 22.0 Å². The van der Waals surface area contributed by atoms with E-state index < -0.39 is 45.4 Å². The van der Waals surface area contributed by atoms with Crippen molar-refractivity contribution >= 4 is 29.0 Å². The lowest BCUT2D eigenvalue weighted by Gasteiger charge is -2.35. The van der Waals surface area contributed by atoms with Crippen molar-refractivity contribution in [3.05, 3.63) is 92.5 Å². The van der Waals surface area contributed by atoms with Gasteiger partial charge in [0.15, 0.2) is 5.78 Å². The molecule has 1 aliphatic carbocycles. The molecule has 1 N–H and O–H groups in total. The van der Waals surface area contributed by atoms with Crippen molar-refractivity contribution < 1.29 is 22.8 Å². The third-order valence-corrected chi connectivity index (χ3v) is 7.32. The number of H-pyrrole nitrogens is 1. The van der Waals surface area contributed by atoms with Gasteiger partial charge in [-0.05, 0) is 43.0 Å². The van der Waals surface area contributed by atoms with E-state index in [-0.39, 0.29) is 40.6 Å². The first kappa shape index (κ1) is 25.1. The van der Waals surface area contributed by atoms with Gasteiger partial charge in [-0.2, -0.15) is 13.2 Å². The van der Waals surface area contributed by atoms with Gasteiger partial charge in [-0.25, -0.2) is 4.68 Å².